The molecule has 0 bridgehead atoms. The van der Waals surface area contributed by atoms with Gasteiger partial charge in [-0.05, 0) is 49.1 Å². The number of nitrogens with zero attached hydrogens (tertiary/aromatic N) is 2. The summed E-state index contributed by atoms with van der Waals surface area (Å²) in [6, 6.07) is 21.0. The van der Waals surface area contributed by atoms with E-state index in [-0.39, 0.29) is 35.6 Å². The molecule has 1 aliphatic carbocycles. The quantitative estimate of drug-likeness (QED) is 0.286. The molecule has 3 aromatic rings. The Balaban J connectivity index is 1.72. The van der Waals surface area contributed by atoms with Gasteiger partial charge in [0.15, 0.2) is 0 Å². The highest BCUT2D eigenvalue weighted by molar-refractivity contribution is 7.92. The lowest BCUT2D eigenvalue weighted by Crippen LogP contribution is -2.55. The second-order valence-corrected chi connectivity index (χ2v) is 13.5. The van der Waals surface area contributed by atoms with Crippen LogP contribution in [-0.2, 0) is 32.6 Å². The van der Waals surface area contributed by atoms with E-state index in [0.717, 1.165) is 59.4 Å². The predicted octanol–water partition coefficient (Wildman–Crippen LogP) is 5.51. The van der Waals surface area contributed by atoms with Crippen molar-refractivity contribution in [2.45, 2.75) is 64.1 Å². The lowest BCUT2D eigenvalue weighted by molar-refractivity contribution is -0.140. The standard InChI is InChI=1S/C33H40ClN3O5S/c1-24-14-16-26(17-15-24)22-36(32(38)23-37(43(3,40)41)28-18-19-31(42-2)29(34)21-28)30(20-25-10-6-4-7-11-25)33(39)35-27-12-8-5-9-13-27/h4,6-7,10-11,14-19,21,27,30H,5,8-9,12-13,20,22-23H2,1-3H3,(H,35,39). The summed E-state index contributed by atoms with van der Waals surface area (Å²) in [5.74, 6) is -0.360. The van der Waals surface area contributed by atoms with E-state index in [1.54, 1.807) is 12.1 Å². The first-order valence-electron chi connectivity index (χ1n) is 14.6. The number of hydrogen-bond acceptors (Lipinski definition) is 5. The van der Waals surface area contributed by atoms with Gasteiger partial charge in [0.2, 0.25) is 21.8 Å². The average Bonchev–Trinajstić information content (AvgIpc) is 2.99. The lowest BCUT2D eigenvalue weighted by Gasteiger charge is -2.35. The molecule has 1 saturated carbocycles. The number of ether oxygens (including phenoxy) is 1. The van der Waals surface area contributed by atoms with Gasteiger partial charge in [-0.25, -0.2) is 8.42 Å². The molecule has 43 heavy (non-hydrogen) atoms. The number of carbonyl (C=O) groups excluding carboxylic acids is 2. The number of amides is 2. The Morgan fingerprint density at radius 1 is 0.977 bits per heavy atom. The SMILES string of the molecule is COc1ccc(N(CC(=O)N(Cc2ccc(C)cc2)C(Cc2ccccc2)C(=O)NC2CCCCC2)S(C)(=O)=O)cc1Cl. The van der Waals surface area contributed by atoms with Crippen LogP contribution in [0, 0.1) is 6.92 Å². The molecule has 1 aliphatic rings. The van der Waals surface area contributed by atoms with Crippen molar-refractivity contribution in [3.8, 4) is 5.75 Å². The molecule has 0 heterocycles. The molecule has 2 amide bonds. The van der Waals surface area contributed by atoms with E-state index in [0.29, 0.717) is 5.75 Å². The van der Waals surface area contributed by atoms with Crippen LogP contribution in [0.15, 0.2) is 72.8 Å². The van der Waals surface area contributed by atoms with Crippen molar-refractivity contribution in [2.75, 3.05) is 24.2 Å². The minimum Gasteiger partial charge on any atom is -0.495 e. The average molecular weight is 626 g/mol. The van der Waals surface area contributed by atoms with Crippen molar-refractivity contribution >= 4 is 39.1 Å². The number of hydrogen-bond donors (Lipinski definition) is 1. The number of benzene rings is 3. The molecule has 1 unspecified atom stereocenters. The summed E-state index contributed by atoms with van der Waals surface area (Å²) in [6.07, 6.45) is 6.37. The first-order chi connectivity index (χ1) is 20.5. The molecule has 4 rings (SSSR count). The van der Waals surface area contributed by atoms with Gasteiger partial charge in [-0.3, -0.25) is 13.9 Å². The first-order valence-corrected chi connectivity index (χ1v) is 16.8. The fourth-order valence-corrected chi connectivity index (χ4v) is 6.51. The van der Waals surface area contributed by atoms with Gasteiger partial charge in [-0.1, -0.05) is 91.0 Å². The monoisotopic (exact) mass is 625 g/mol. The highest BCUT2D eigenvalue weighted by Gasteiger charge is 2.34. The Bertz CT molecular complexity index is 1490. The number of halogens is 1. The molecule has 0 aliphatic heterocycles. The zero-order chi connectivity index (χ0) is 31.0. The molecule has 3 aromatic carbocycles. The number of sulfonamides is 1. The zero-order valence-corrected chi connectivity index (χ0v) is 26.5. The van der Waals surface area contributed by atoms with Crippen molar-refractivity contribution in [1.29, 1.82) is 0 Å². The van der Waals surface area contributed by atoms with Crippen LogP contribution < -0.4 is 14.4 Å². The van der Waals surface area contributed by atoms with Crippen LogP contribution in [-0.4, -0.2) is 57.1 Å². The van der Waals surface area contributed by atoms with Gasteiger partial charge in [-0.15, -0.1) is 0 Å². The number of carbonyl (C=O) groups is 2. The van der Waals surface area contributed by atoms with Gasteiger partial charge in [0, 0.05) is 19.0 Å². The summed E-state index contributed by atoms with van der Waals surface area (Å²) >= 11 is 6.32. The Morgan fingerprint density at radius 3 is 2.26 bits per heavy atom. The van der Waals surface area contributed by atoms with E-state index in [9.17, 15) is 18.0 Å². The van der Waals surface area contributed by atoms with Crippen molar-refractivity contribution in [3.05, 3.63) is 94.5 Å². The normalized spacial score (nSPS) is 14.5. The maximum absolute atomic E-state index is 14.3. The molecule has 0 spiro atoms. The molecule has 1 N–H and O–H groups in total. The number of nitrogens with one attached hydrogen (secondary N) is 1. The third-order valence-corrected chi connectivity index (χ3v) is 9.23. The van der Waals surface area contributed by atoms with Gasteiger partial charge >= 0.3 is 0 Å². The van der Waals surface area contributed by atoms with E-state index in [1.165, 1.54) is 18.1 Å². The van der Waals surface area contributed by atoms with Crippen LogP contribution in [0.4, 0.5) is 5.69 Å². The Labute approximate surface area is 260 Å². The van der Waals surface area contributed by atoms with E-state index in [1.807, 2.05) is 61.5 Å². The van der Waals surface area contributed by atoms with Gasteiger partial charge in [0.25, 0.3) is 0 Å². The highest BCUT2D eigenvalue weighted by atomic mass is 35.5. The molecule has 1 atom stereocenters. The maximum Gasteiger partial charge on any atom is 0.244 e. The van der Waals surface area contributed by atoms with Crippen molar-refractivity contribution < 1.29 is 22.7 Å². The number of methoxy groups -OCH3 is 1. The zero-order valence-electron chi connectivity index (χ0n) is 25.0. The van der Waals surface area contributed by atoms with Gasteiger partial charge in [-0.2, -0.15) is 0 Å². The lowest BCUT2D eigenvalue weighted by atomic mass is 9.94. The molecule has 0 radical (unpaired) electrons. The third-order valence-electron chi connectivity index (χ3n) is 7.80. The van der Waals surface area contributed by atoms with Crippen molar-refractivity contribution in [1.82, 2.24) is 10.2 Å². The second kappa shape index (κ2) is 14.8. The van der Waals surface area contributed by atoms with Gasteiger partial charge < -0.3 is 15.0 Å². The molecule has 10 heteroatoms. The molecule has 0 saturated heterocycles. The van der Waals surface area contributed by atoms with Crippen LogP contribution >= 0.6 is 11.6 Å². The molecular formula is C33H40ClN3O5S. The smallest absolute Gasteiger partial charge is 0.244 e. The Morgan fingerprint density at radius 2 is 1.65 bits per heavy atom. The summed E-state index contributed by atoms with van der Waals surface area (Å²) in [7, 11) is -2.44. The van der Waals surface area contributed by atoms with Crippen LogP contribution in [0.25, 0.3) is 0 Å². The fraction of sp³-hybridized carbons (Fsp3) is 0.394. The summed E-state index contributed by atoms with van der Waals surface area (Å²) in [5, 5.41) is 3.42. The van der Waals surface area contributed by atoms with E-state index in [2.05, 4.69) is 5.32 Å². The molecule has 0 aromatic heterocycles. The fourth-order valence-electron chi connectivity index (χ4n) is 5.41. The first kappa shape index (κ1) is 32.4. The Hall–Kier alpha value is -3.56. The largest absolute Gasteiger partial charge is 0.495 e. The van der Waals surface area contributed by atoms with Crippen molar-refractivity contribution in [3.63, 3.8) is 0 Å². The topological polar surface area (TPSA) is 96.0 Å². The third kappa shape index (κ3) is 8.97. The molecule has 230 valence electrons. The summed E-state index contributed by atoms with van der Waals surface area (Å²) in [5.41, 5.74) is 3.02. The van der Waals surface area contributed by atoms with Crippen LogP contribution in [0.3, 0.4) is 0 Å². The maximum atomic E-state index is 14.3. The van der Waals surface area contributed by atoms with Gasteiger partial charge in [0.05, 0.1) is 24.1 Å². The predicted molar refractivity (Wildman–Crippen MR) is 171 cm³/mol. The van der Waals surface area contributed by atoms with E-state index < -0.39 is 28.5 Å². The molecule has 1 fully saturated rings. The number of rotatable bonds is 12. The summed E-state index contributed by atoms with van der Waals surface area (Å²) in [4.78, 5) is 29.8. The molecule has 8 nitrogen and oxygen atoms in total. The van der Waals surface area contributed by atoms with E-state index in [4.69, 9.17) is 16.3 Å². The summed E-state index contributed by atoms with van der Waals surface area (Å²) in [6.45, 7) is 1.61. The number of aryl methyl sites for hydroxylation is 1. The van der Waals surface area contributed by atoms with Crippen LogP contribution in [0.5, 0.6) is 5.75 Å². The van der Waals surface area contributed by atoms with Crippen LogP contribution in [0.1, 0.15) is 48.8 Å². The second-order valence-electron chi connectivity index (χ2n) is 11.1. The minimum atomic E-state index is -3.90. The Kier molecular flexibility index (Phi) is 11.1. The minimum absolute atomic E-state index is 0.0461. The van der Waals surface area contributed by atoms with Gasteiger partial charge in [0.1, 0.15) is 18.3 Å². The summed E-state index contributed by atoms with van der Waals surface area (Å²) < 4.78 is 32.3. The van der Waals surface area contributed by atoms with Crippen LogP contribution in [0.2, 0.25) is 5.02 Å². The highest BCUT2D eigenvalue weighted by Crippen LogP contribution is 2.30. The van der Waals surface area contributed by atoms with E-state index >= 15 is 0 Å². The number of anilines is 1. The molecular weight excluding hydrogens is 586 g/mol. The van der Waals surface area contributed by atoms with Crippen molar-refractivity contribution in [2.24, 2.45) is 0 Å².